The van der Waals surface area contributed by atoms with Gasteiger partial charge in [-0.2, -0.15) is 0 Å². The van der Waals surface area contributed by atoms with Crippen LogP contribution in [0.2, 0.25) is 0 Å². The van der Waals surface area contributed by atoms with Crippen LogP contribution in [0, 0.1) is 6.92 Å². The predicted octanol–water partition coefficient (Wildman–Crippen LogP) is 1.74. The Bertz CT molecular complexity index is 496. The van der Waals surface area contributed by atoms with Gasteiger partial charge in [-0.05, 0) is 49.9 Å². The first kappa shape index (κ1) is 12.5. The Kier molecular flexibility index (Phi) is 3.19. The van der Waals surface area contributed by atoms with Crippen molar-refractivity contribution in [1.29, 1.82) is 0 Å². The van der Waals surface area contributed by atoms with Crippen molar-refractivity contribution in [2.45, 2.75) is 38.3 Å². The molecule has 3 rings (SSSR count). The Balaban J connectivity index is 1.65. The molecule has 2 fully saturated rings. The molecule has 1 heterocycles. The standard InChI is InChI=1S/C15H21N3O/c1-10-8-11(15(16)19)2-5-14(10)17-12-6-7-18(9-12)13-3-4-13/h2,5,8,12-13,17H,3-4,6-7,9H2,1H3,(H2,16,19). The van der Waals surface area contributed by atoms with Gasteiger partial charge in [-0.3, -0.25) is 9.69 Å². The fourth-order valence-electron chi connectivity index (χ4n) is 2.88. The van der Waals surface area contributed by atoms with Crippen molar-refractivity contribution in [2.75, 3.05) is 18.4 Å². The number of nitrogens with one attached hydrogen (secondary N) is 1. The Hall–Kier alpha value is -1.55. The highest BCUT2D eigenvalue weighted by atomic mass is 16.1. The molecule has 1 saturated carbocycles. The van der Waals surface area contributed by atoms with Crippen LogP contribution in [0.15, 0.2) is 18.2 Å². The summed E-state index contributed by atoms with van der Waals surface area (Å²) in [6, 6.07) is 7.00. The summed E-state index contributed by atoms with van der Waals surface area (Å²) < 4.78 is 0. The molecule has 102 valence electrons. The fraction of sp³-hybridized carbons (Fsp3) is 0.533. The molecule has 1 aliphatic heterocycles. The maximum atomic E-state index is 11.1. The molecule has 0 radical (unpaired) electrons. The minimum atomic E-state index is -0.365. The minimum Gasteiger partial charge on any atom is -0.381 e. The van der Waals surface area contributed by atoms with Crippen LogP contribution in [0.1, 0.15) is 35.2 Å². The third-order valence-corrected chi connectivity index (χ3v) is 4.15. The molecule has 1 aliphatic carbocycles. The van der Waals surface area contributed by atoms with Gasteiger partial charge in [-0.15, -0.1) is 0 Å². The van der Waals surface area contributed by atoms with E-state index in [4.69, 9.17) is 5.73 Å². The number of carbonyl (C=O) groups excluding carboxylic acids is 1. The molecule has 3 N–H and O–H groups in total. The summed E-state index contributed by atoms with van der Waals surface area (Å²) in [5, 5.41) is 3.59. The SMILES string of the molecule is Cc1cc(C(N)=O)ccc1NC1CCN(C2CC2)C1. The number of anilines is 1. The third kappa shape index (κ3) is 2.73. The van der Waals surface area contributed by atoms with Crippen molar-refractivity contribution in [3.05, 3.63) is 29.3 Å². The monoisotopic (exact) mass is 259 g/mol. The van der Waals surface area contributed by atoms with E-state index in [0.29, 0.717) is 11.6 Å². The first-order valence-electron chi connectivity index (χ1n) is 7.04. The molecule has 2 aliphatic rings. The third-order valence-electron chi connectivity index (χ3n) is 4.15. The summed E-state index contributed by atoms with van der Waals surface area (Å²) in [6.07, 6.45) is 3.95. The first-order chi connectivity index (χ1) is 9.13. The summed E-state index contributed by atoms with van der Waals surface area (Å²) in [4.78, 5) is 13.7. The van der Waals surface area contributed by atoms with Crippen molar-refractivity contribution in [1.82, 2.24) is 4.90 Å². The molecule has 1 atom stereocenters. The molecular formula is C15H21N3O. The van der Waals surface area contributed by atoms with Crippen LogP contribution in [0.4, 0.5) is 5.69 Å². The van der Waals surface area contributed by atoms with E-state index in [1.54, 1.807) is 6.07 Å². The van der Waals surface area contributed by atoms with Gasteiger partial charge in [0, 0.05) is 36.4 Å². The molecule has 4 heteroatoms. The molecule has 1 amide bonds. The molecule has 19 heavy (non-hydrogen) atoms. The molecular weight excluding hydrogens is 238 g/mol. The highest BCUT2D eigenvalue weighted by molar-refractivity contribution is 5.93. The average Bonchev–Trinajstić information content (AvgIpc) is 3.12. The Labute approximate surface area is 114 Å². The van der Waals surface area contributed by atoms with E-state index in [1.165, 1.54) is 25.8 Å². The summed E-state index contributed by atoms with van der Waals surface area (Å²) in [6.45, 7) is 4.37. The van der Waals surface area contributed by atoms with E-state index in [2.05, 4.69) is 10.2 Å². The Morgan fingerprint density at radius 3 is 2.79 bits per heavy atom. The zero-order valence-corrected chi connectivity index (χ0v) is 11.4. The van der Waals surface area contributed by atoms with Crippen molar-refractivity contribution < 1.29 is 4.79 Å². The second-order valence-corrected chi connectivity index (χ2v) is 5.75. The lowest BCUT2D eigenvalue weighted by Crippen LogP contribution is -2.28. The molecule has 1 aromatic rings. The normalized spacial score (nSPS) is 23.5. The number of hydrogen-bond acceptors (Lipinski definition) is 3. The number of aryl methyl sites for hydroxylation is 1. The first-order valence-corrected chi connectivity index (χ1v) is 7.04. The predicted molar refractivity (Wildman–Crippen MR) is 76.3 cm³/mol. The molecule has 1 unspecified atom stereocenters. The van der Waals surface area contributed by atoms with E-state index in [0.717, 1.165) is 23.8 Å². The van der Waals surface area contributed by atoms with Crippen LogP contribution in [0.25, 0.3) is 0 Å². The van der Waals surface area contributed by atoms with Crippen molar-refractivity contribution in [3.8, 4) is 0 Å². The van der Waals surface area contributed by atoms with Crippen LogP contribution in [0.5, 0.6) is 0 Å². The number of primary amides is 1. The van der Waals surface area contributed by atoms with E-state index >= 15 is 0 Å². The quantitative estimate of drug-likeness (QED) is 0.866. The van der Waals surface area contributed by atoms with Crippen LogP contribution < -0.4 is 11.1 Å². The summed E-state index contributed by atoms with van der Waals surface area (Å²) in [5.74, 6) is -0.365. The molecule has 4 nitrogen and oxygen atoms in total. The van der Waals surface area contributed by atoms with Crippen molar-refractivity contribution in [2.24, 2.45) is 5.73 Å². The van der Waals surface area contributed by atoms with Gasteiger partial charge in [0.2, 0.25) is 5.91 Å². The second-order valence-electron chi connectivity index (χ2n) is 5.75. The summed E-state index contributed by atoms with van der Waals surface area (Å²) >= 11 is 0. The Morgan fingerprint density at radius 2 is 2.16 bits per heavy atom. The average molecular weight is 259 g/mol. The summed E-state index contributed by atoms with van der Waals surface area (Å²) in [7, 11) is 0. The fourth-order valence-corrected chi connectivity index (χ4v) is 2.88. The summed E-state index contributed by atoms with van der Waals surface area (Å²) in [5.41, 5.74) is 8.07. The van der Waals surface area contributed by atoms with Gasteiger partial charge in [-0.1, -0.05) is 0 Å². The van der Waals surface area contributed by atoms with Crippen LogP contribution in [-0.2, 0) is 0 Å². The number of hydrogen-bond donors (Lipinski definition) is 2. The number of nitrogens with two attached hydrogens (primary N) is 1. The lowest BCUT2D eigenvalue weighted by atomic mass is 10.1. The highest BCUT2D eigenvalue weighted by Crippen LogP contribution is 2.31. The van der Waals surface area contributed by atoms with E-state index in [-0.39, 0.29) is 5.91 Å². The van der Waals surface area contributed by atoms with Gasteiger partial charge >= 0.3 is 0 Å². The maximum Gasteiger partial charge on any atom is 0.248 e. The molecule has 1 aromatic carbocycles. The lowest BCUT2D eigenvalue weighted by molar-refractivity contribution is 0.1000. The van der Waals surface area contributed by atoms with Crippen LogP contribution in [-0.4, -0.2) is 36.0 Å². The minimum absolute atomic E-state index is 0.365. The maximum absolute atomic E-state index is 11.1. The number of amides is 1. The lowest BCUT2D eigenvalue weighted by Gasteiger charge is -2.18. The number of benzene rings is 1. The van der Waals surface area contributed by atoms with Crippen LogP contribution in [0.3, 0.4) is 0 Å². The largest absolute Gasteiger partial charge is 0.381 e. The molecule has 1 saturated heterocycles. The van der Waals surface area contributed by atoms with E-state index in [9.17, 15) is 4.79 Å². The van der Waals surface area contributed by atoms with Crippen molar-refractivity contribution in [3.63, 3.8) is 0 Å². The van der Waals surface area contributed by atoms with Gasteiger partial charge in [0.15, 0.2) is 0 Å². The van der Waals surface area contributed by atoms with Crippen LogP contribution >= 0.6 is 0 Å². The highest BCUT2D eigenvalue weighted by Gasteiger charge is 2.34. The van der Waals surface area contributed by atoms with E-state index < -0.39 is 0 Å². The molecule has 0 bridgehead atoms. The Morgan fingerprint density at radius 1 is 1.37 bits per heavy atom. The van der Waals surface area contributed by atoms with Gasteiger partial charge < -0.3 is 11.1 Å². The zero-order valence-electron chi connectivity index (χ0n) is 11.4. The smallest absolute Gasteiger partial charge is 0.248 e. The van der Waals surface area contributed by atoms with Gasteiger partial charge in [0.05, 0.1) is 0 Å². The number of carbonyl (C=O) groups is 1. The van der Waals surface area contributed by atoms with Gasteiger partial charge in [-0.25, -0.2) is 0 Å². The molecule has 0 spiro atoms. The number of likely N-dealkylation sites (tertiary alicyclic amines) is 1. The number of rotatable bonds is 4. The molecule has 0 aromatic heterocycles. The second kappa shape index (κ2) is 4.85. The van der Waals surface area contributed by atoms with E-state index in [1.807, 2.05) is 19.1 Å². The van der Waals surface area contributed by atoms with Gasteiger partial charge in [0.25, 0.3) is 0 Å². The zero-order chi connectivity index (χ0) is 13.4. The van der Waals surface area contributed by atoms with Crippen molar-refractivity contribution >= 4 is 11.6 Å². The topological polar surface area (TPSA) is 58.4 Å². The van der Waals surface area contributed by atoms with Gasteiger partial charge in [0.1, 0.15) is 0 Å². The number of nitrogens with zero attached hydrogens (tertiary/aromatic N) is 1.